The molecule has 0 aliphatic rings. The van der Waals surface area contributed by atoms with E-state index in [-0.39, 0.29) is 18.9 Å². The lowest BCUT2D eigenvalue weighted by Gasteiger charge is -2.07. The van der Waals surface area contributed by atoms with Crippen LogP contribution in [0.5, 0.6) is 5.75 Å². The van der Waals surface area contributed by atoms with Gasteiger partial charge in [0.15, 0.2) is 0 Å². The minimum atomic E-state index is -0.583. The molecule has 128 valence electrons. The second kappa shape index (κ2) is 7.76. The zero-order valence-electron chi connectivity index (χ0n) is 13.6. The number of nitrogens with zero attached hydrogens (tertiary/aromatic N) is 1. The molecule has 0 saturated carbocycles. The molecule has 2 amide bonds. The van der Waals surface area contributed by atoms with E-state index in [0.29, 0.717) is 11.4 Å². The second-order valence-electron chi connectivity index (χ2n) is 5.34. The lowest BCUT2D eigenvalue weighted by molar-refractivity contribution is -0.116. The van der Waals surface area contributed by atoms with Gasteiger partial charge in [-0.25, -0.2) is 9.78 Å². The normalized spacial score (nSPS) is 10.4. The zero-order valence-corrected chi connectivity index (χ0v) is 14.4. The Balaban J connectivity index is 1.45. The fraction of sp³-hybridized carbons (Fsp3) is 0.167. The van der Waals surface area contributed by atoms with Crippen LogP contribution in [0, 0.1) is 6.92 Å². The van der Waals surface area contributed by atoms with Crippen molar-refractivity contribution in [3.8, 4) is 5.75 Å². The van der Waals surface area contributed by atoms with Gasteiger partial charge in [-0.15, -0.1) is 11.3 Å². The van der Waals surface area contributed by atoms with Crippen LogP contribution in [0.25, 0.3) is 10.2 Å². The van der Waals surface area contributed by atoms with Crippen LogP contribution in [-0.2, 0) is 4.79 Å². The van der Waals surface area contributed by atoms with Gasteiger partial charge in [-0.2, -0.15) is 0 Å². The summed E-state index contributed by atoms with van der Waals surface area (Å²) >= 11 is 1.58. The number of para-hydroxylation sites is 1. The summed E-state index contributed by atoms with van der Waals surface area (Å²) in [5.41, 5.74) is 1.64. The van der Waals surface area contributed by atoms with Crippen molar-refractivity contribution >= 4 is 39.2 Å². The van der Waals surface area contributed by atoms with Crippen LogP contribution >= 0.6 is 11.3 Å². The van der Waals surface area contributed by atoms with Crippen molar-refractivity contribution in [1.29, 1.82) is 0 Å². The van der Waals surface area contributed by atoms with Gasteiger partial charge in [0, 0.05) is 18.7 Å². The number of benzene rings is 2. The van der Waals surface area contributed by atoms with E-state index in [9.17, 15) is 9.59 Å². The van der Waals surface area contributed by atoms with Gasteiger partial charge in [-0.05, 0) is 37.3 Å². The molecule has 3 aromatic rings. The third-order valence-electron chi connectivity index (χ3n) is 3.35. The Morgan fingerprint density at radius 2 is 1.96 bits per heavy atom. The number of rotatable bonds is 5. The molecule has 2 N–H and O–H groups in total. The van der Waals surface area contributed by atoms with E-state index in [4.69, 9.17) is 4.74 Å². The van der Waals surface area contributed by atoms with Crippen LogP contribution in [0.4, 0.5) is 10.5 Å². The number of anilines is 1. The number of aromatic nitrogens is 1. The standard InChI is InChI=1S/C18H17N3O3S/c1-12-20-15-8-7-13(11-16(15)25-12)21-17(22)9-10-19-18(23)24-14-5-3-2-4-6-14/h2-8,11H,9-10H2,1H3,(H,19,23)(H,21,22). The first-order valence-electron chi connectivity index (χ1n) is 7.78. The van der Waals surface area contributed by atoms with Crippen molar-refractivity contribution in [2.75, 3.05) is 11.9 Å². The number of ether oxygens (including phenoxy) is 1. The third-order valence-corrected chi connectivity index (χ3v) is 4.29. The molecule has 0 aliphatic heterocycles. The highest BCUT2D eigenvalue weighted by atomic mass is 32.1. The van der Waals surface area contributed by atoms with Crippen LogP contribution in [0.1, 0.15) is 11.4 Å². The van der Waals surface area contributed by atoms with Crippen LogP contribution in [-0.4, -0.2) is 23.5 Å². The van der Waals surface area contributed by atoms with E-state index in [1.807, 2.05) is 31.2 Å². The molecule has 3 rings (SSSR count). The maximum absolute atomic E-state index is 12.0. The van der Waals surface area contributed by atoms with Crippen LogP contribution in [0.2, 0.25) is 0 Å². The van der Waals surface area contributed by atoms with Crippen molar-refractivity contribution in [1.82, 2.24) is 10.3 Å². The van der Waals surface area contributed by atoms with Crippen molar-refractivity contribution < 1.29 is 14.3 Å². The molecule has 0 atom stereocenters. The first-order chi connectivity index (χ1) is 12.1. The molecule has 0 saturated heterocycles. The SMILES string of the molecule is Cc1nc2ccc(NC(=O)CCNC(=O)Oc3ccccc3)cc2s1. The molecule has 0 spiro atoms. The van der Waals surface area contributed by atoms with Crippen LogP contribution < -0.4 is 15.4 Å². The Morgan fingerprint density at radius 3 is 2.76 bits per heavy atom. The number of amides is 2. The number of hydrogen-bond acceptors (Lipinski definition) is 5. The van der Waals surface area contributed by atoms with Gasteiger partial charge in [0.05, 0.1) is 15.2 Å². The molecule has 6 nitrogen and oxygen atoms in total. The van der Waals surface area contributed by atoms with Crippen molar-refractivity contribution in [2.45, 2.75) is 13.3 Å². The third kappa shape index (κ3) is 4.77. The summed E-state index contributed by atoms with van der Waals surface area (Å²) < 4.78 is 6.11. The molecule has 1 heterocycles. The molecule has 0 aliphatic carbocycles. The minimum Gasteiger partial charge on any atom is -0.410 e. The maximum atomic E-state index is 12.0. The Labute approximate surface area is 148 Å². The first kappa shape index (κ1) is 16.9. The topological polar surface area (TPSA) is 80.3 Å². The van der Waals surface area contributed by atoms with E-state index < -0.39 is 6.09 Å². The van der Waals surface area contributed by atoms with Gasteiger partial charge in [0.2, 0.25) is 5.91 Å². The smallest absolute Gasteiger partial charge is 0.410 e. The molecular formula is C18H17N3O3S. The summed E-state index contributed by atoms with van der Waals surface area (Å²) in [4.78, 5) is 28.0. The predicted molar refractivity (Wildman–Crippen MR) is 98.1 cm³/mol. The lowest BCUT2D eigenvalue weighted by atomic mass is 10.3. The Bertz CT molecular complexity index is 893. The Morgan fingerprint density at radius 1 is 1.16 bits per heavy atom. The molecule has 25 heavy (non-hydrogen) atoms. The number of carbonyl (C=O) groups excluding carboxylic acids is 2. The highest BCUT2D eigenvalue weighted by molar-refractivity contribution is 7.18. The van der Waals surface area contributed by atoms with E-state index in [1.54, 1.807) is 35.6 Å². The molecule has 0 bridgehead atoms. The number of aryl methyl sites for hydroxylation is 1. The highest BCUT2D eigenvalue weighted by Gasteiger charge is 2.08. The summed E-state index contributed by atoms with van der Waals surface area (Å²) in [5, 5.41) is 6.35. The number of carbonyl (C=O) groups is 2. The molecular weight excluding hydrogens is 338 g/mol. The van der Waals surface area contributed by atoms with Gasteiger partial charge >= 0.3 is 6.09 Å². The van der Waals surface area contributed by atoms with Gasteiger partial charge in [0.1, 0.15) is 5.75 Å². The molecule has 0 unspecified atom stereocenters. The Kier molecular flexibility index (Phi) is 5.25. The summed E-state index contributed by atoms with van der Waals surface area (Å²) in [6, 6.07) is 14.3. The van der Waals surface area contributed by atoms with Crippen molar-refractivity contribution in [3.63, 3.8) is 0 Å². The van der Waals surface area contributed by atoms with Crippen molar-refractivity contribution in [2.24, 2.45) is 0 Å². The van der Waals surface area contributed by atoms with E-state index >= 15 is 0 Å². The average Bonchev–Trinajstić information content (AvgIpc) is 2.95. The molecule has 1 aromatic heterocycles. The fourth-order valence-corrected chi connectivity index (χ4v) is 3.12. The molecule has 2 aromatic carbocycles. The summed E-state index contributed by atoms with van der Waals surface area (Å²) in [6.45, 7) is 2.14. The number of fused-ring (bicyclic) bond motifs is 1. The number of thiazole rings is 1. The Hall–Kier alpha value is -2.93. The summed E-state index contributed by atoms with van der Waals surface area (Å²) in [5.74, 6) is 0.276. The number of nitrogens with one attached hydrogen (secondary N) is 2. The largest absolute Gasteiger partial charge is 0.412 e. The monoisotopic (exact) mass is 355 g/mol. The van der Waals surface area contributed by atoms with Crippen molar-refractivity contribution in [3.05, 3.63) is 53.5 Å². The highest BCUT2D eigenvalue weighted by Crippen LogP contribution is 2.24. The van der Waals surface area contributed by atoms with Gasteiger partial charge in [-0.3, -0.25) is 4.79 Å². The zero-order chi connectivity index (χ0) is 17.6. The minimum absolute atomic E-state index is 0.156. The van der Waals surface area contributed by atoms with Gasteiger partial charge in [-0.1, -0.05) is 18.2 Å². The lowest BCUT2D eigenvalue weighted by Crippen LogP contribution is -2.30. The summed E-state index contributed by atoms with van der Waals surface area (Å²) in [7, 11) is 0. The summed E-state index contributed by atoms with van der Waals surface area (Å²) in [6.07, 6.45) is -0.426. The first-order valence-corrected chi connectivity index (χ1v) is 8.59. The number of hydrogen-bond donors (Lipinski definition) is 2. The molecule has 0 fully saturated rings. The van der Waals surface area contributed by atoms with Gasteiger partial charge < -0.3 is 15.4 Å². The van der Waals surface area contributed by atoms with Gasteiger partial charge in [0.25, 0.3) is 0 Å². The van der Waals surface area contributed by atoms with E-state index in [0.717, 1.165) is 15.2 Å². The van der Waals surface area contributed by atoms with E-state index in [1.165, 1.54) is 0 Å². The fourth-order valence-electron chi connectivity index (χ4n) is 2.25. The quantitative estimate of drug-likeness (QED) is 0.731. The molecule has 7 heteroatoms. The van der Waals surface area contributed by atoms with Crippen LogP contribution in [0.3, 0.4) is 0 Å². The van der Waals surface area contributed by atoms with Crippen LogP contribution in [0.15, 0.2) is 48.5 Å². The molecule has 0 radical (unpaired) electrons. The second-order valence-corrected chi connectivity index (χ2v) is 6.58. The predicted octanol–water partition coefficient (Wildman–Crippen LogP) is 3.72. The average molecular weight is 355 g/mol. The van der Waals surface area contributed by atoms with E-state index in [2.05, 4.69) is 15.6 Å². The maximum Gasteiger partial charge on any atom is 0.412 e.